The summed E-state index contributed by atoms with van der Waals surface area (Å²) < 4.78 is 0. The second kappa shape index (κ2) is 11.2. The van der Waals surface area contributed by atoms with E-state index in [0.29, 0.717) is 18.9 Å². The molecule has 0 saturated carbocycles. The Hall–Kier alpha value is -1.43. The maximum absolute atomic E-state index is 12.2. The first-order chi connectivity index (χ1) is 11.8. The predicted molar refractivity (Wildman–Crippen MR) is 101 cm³/mol. The summed E-state index contributed by atoms with van der Waals surface area (Å²) >= 11 is 0. The number of carbonyl (C=O) groups is 1. The molecule has 0 heterocycles. The first-order valence-electron chi connectivity index (χ1n) is 9.26. The average molecular weight is 351 g/mol. The molecule has 4 atom stereocenters. The summed E-state index contributed by atoms with van der Waals surface area (Å²) in [6, 6.07) is 9.29. The molecule has 0 unspecified atom stereocenters. The van der Waals surface area contributed by atoms with Crippen molar-refractivity contribution < 1.29 is 15.0 Å². The summed E-state index contributed by atoms with van der Waals surface area (Å²) in [5, 5.41) is 26.6. The van der Waals surface area contributed by atoms with Gasteiger partial charge in [-0.25, -0.2) is 0 Å². The summed E-state index contributed by atoms with van der Waals surface area (Å²) in [6.07, 6.45) is -0.205. The lowest BCUT2D eigenvalue weighted by Crippen LogP contribution is -2.52. The van der Waals surface area contributed by atoms with Gasteiger partial charge in [-0.1, -0.05) is 64.4 Å². The average Bonchev–Trinajstić information content (AvgIpc) is 2.60. The van der Waals surface area contributed by atoms with E-state index in [0.717, 1.165) is 18.5 Å². The lowest BCUT2D eigenvalue weighted by atomic mass is 9.99. The van der Waals surface area contributed by atoms with Crippen LogP contribution >= 0.6 is 0 Å². The van der Waals surface area contributed by atoms with Crippen LogP contribution in [0.4, 0.5) is 0 Å². The predicted octanol–water partition coefficient (Wildman–Crippen LogP) is 1.73. The van der Waals surface area contributed by atoms with Gasteiger partial charge in [0, 0.05) is 6.54 Å². The monoisotopic (exact) mass is 350 g/mol. The Bertz CT molecular complexity index is 493. The molecule has 1 aromatic carbocycles. The highest BCUT2D eigenvalue weighted by molar-refractivity contribution is 5.81. The lowest BCUT2D eigenvalue weighted by molar-refractivity contribution is -0.133. The standard InChI is InChI=1S/C20H34N2O3/c1-5-15(4)12-21-13-18(23)17(11-16-9-7-6-8-10-16)22-20(25)19(24)14(2)3/h6-10,14-15,17-19,21,23-24H,5,11-13H2,1-4H3,(H,22,25)/t15-,17+,18+,19+/m1/s1. The van der Waals surface area contributed by atoms with Gasteiger partial charge in [0.25, 0.3) is 0 Å². The molecule has 4 N–H and O–H groups in total. The number of carbonyl (C=O) groups excluding carboxylic acids is 1. The summed E-state index contributed by atoms with van der Waals surface area (Å²) in [5.74, 6) is -0.0629. The van der Waals surface area contributed by atoms with Crippen LogP contribution in [0.15, 0.2) is 30.3 Å². The van der Waals surface area contributed by atoms with E-state index in [1.807, 2.05) is 30.3 Å². The molecule has 0 aliphatic carbocycles. The largest absolute Gasteiger partial charge is 0.390 e. The van der Waals surface area contributed by atoms with E-state index in [9.17, 15) is 15.0 Å². The van der Waals surface area contributed by atoms with Gasteiger partial charge in [0.05, 0.1) is 12.1 Å². The maximum atomic E-state index is 12.2. The molecule has 0 saturated heterocycles. The maximum Gasteiger partial charge on any atom is 0.249 e. The molecule has 0 aliphatic heterocycles. The number of aliphatic hydroxyl groups excluding tert-OH is 2. The minimum atomic E-state index is -1.07. The summed E-state index contributed by atoms with van der Waals surface area (Å²) in [6.45, 7) is 9.10. The Labute approximate surface area is 151 Å². The fourth-order valence-corrected chi connectivity index (χ4v) is 2.49. The van der Waals surface area contributed by atoms with Crippen molar-refractivity contribution >= 4 is 5.91 Å². The fraction of sp³-hybridized carbons (Fsp3) is 0.650. The third-order valence-electron chi connectivity index (χ3n) is 4.53. The van der Waals surface area contributed by atoms with Gasteiger partial charge in [0.15, 0.2) is 0 Å². The van der Waals surface area contributed by atoms with E-state index in [4.69, 9.17) is 0 Å². The van der Waals surface area contributed by atoms with Crippen molar-refractivity contribution in [3.8, 4) is 0 Å². The van der Waals surface area contributed by atoms with E-state index in [1.165, 1.54) is 0 Å². The fourth-order valence-electron chi connectivity index (χ4n) is 2.49. The zero-order valence-electron chi connectivity index (χ0n) is 15.9. The summed E-state index contributed by atoms with van der Waals surface area (Å²) in [5.41, 5.74) is 1.04. The Morgan fingerprint density at radius 3 is 2.28 bits per heavy atom. The van der Waals surface area contributed by atoms with Crippen LogP contribution in [0.3, 0.4) is 0 Å². The van der Waals surface area contributed by atoms with Gasteiger partial charge >= 0.3 is 0 Å². The smallest absolute Gasteiger partial charge is 0.249 e. The van der Waals surface area contributed by atoms with Gasteiger partial charge in [-0.2, -0.15) is 0 Å². The molecule has 1 rings (SSSR count). The van der Waals surface area contributed by atoms with Crippen LogP contribution in [0, 0.1) is 11.8 Å². The van der Waals surface area contributed by atoms with Crippen LogP contribution < -0.4 is 10.6 Å². The molecule has 1 aromatic rings. The van der Waals surface area contributed by atoms with Crippen LogP contribution in [0.5, 0.6) is 0 Å². The number of hydrogen-bond donors (Lipinski definition) is 4. The number of aliphatic hydroxyl groups is 2. The zero-order chi connectivity index (χ0) is 18.8. The van der Waals surface area contributed by atoms with Crippen molar-refractivity contribution in [2.24, 2.45) is 11.8 Å². The molecule has 0 radical (unpaired) electrons. The Kier molecular flexibility index (Phi) is 9.71. The first kappa shape index (κ1) is 21.6. The normalized spacial score (nSPS) is 16.3. The van der Waals surface area contributed by atoms with Crippen molar-refractivity contribution in [2.45, 2.75) is 58.8 Å². The molecule has 0 fully saturated rings. The quantitative estimate of drug-likeness (QED) is 0.490. The van der Waals surface area contributed by atoms with E-state index < -0.39 is 24.2 Å². The van der Waals surface area contributed by atoms with Crippen molar-refractivity contribution in [1.82, 2.24) is 10.6 Å². The lowest BCUT2D eigenvalue weighted by Gasteiger charge is -2.27. The molecular formula is C20H34N2O3. The number of nitrogens with one attached hydrogen (secondary N) is 2. The third-order valence-corrected chi connectivity index (χ3v) is 4.53. The molecule has 0 bridgehead atoms. The zero-order valence-corrected chi connectivity index (χ0v) is 15.9. The van der Waals surface area contributed by atoms with E-state index in [1.54, 1.807) is 13.8 Å². The number of hydrogen-bond acceptors (Lipinski definition) is 4. The van der Waals surface area contributed by atoms with Gasteiger partial charge < -0.3 is 20.8 Å². The van der Waals surface area contributed by atoms with Crippen molar-refractivity contribution in [3.63, 3.8) is 0 Å². The Balaban J connectivity index is 2.71. The molecule has 1 amide bonds. The second-order valence-electron chi connectivity index (χ2n) is 7.23. The highest BCUT2D eigenvalue weighted by atomic mass is 16.3. The van der Waals surface area contributed by atoms with E-state index in [-0.39, 0.29) is 5.92 Å². The van der Waals surface area contributed by atoms with Gasteiger partial charge in [0.2, 0.25) is 5.91 Å². The van der Waals surface area contributed by atoms with E-state index >= 15 is 0 Å². The second-order valence-corrected chi connectivity index (χ2v) is 7.23. The highest BCUT2D eigenvalue weighted by Gasteiger charge is 2.26. The molecule has 0 aromatic heterocycles. The third kappa shape index (κ3) is 7.99. The summed E-state index contributed by atoms with van der Waals surface area (Å²) in [7, 11) is 0. The van der Waals surface area contributed by atoms with Crippen LogP contribution in [-0.4, -0.2) is 47.5 Å². The molecule has 0 aliphatic rings. The number of benzene rings is 1. The minimum Gasteiger partial charge on any atom is -0.390 e. The van der Waals surface area contributed by atoms with Crippen molar-refractivity contribution in [3.05, 3.63) is 35.9 Å². The van der Waals surface area contributed by atoms with Crippen LogP contribution in [0.25, 0.3) is 0 Å². The molecule has 5 heteroatoms. The summed E-state index contributed by atoms with van der Waals surface area (Å²) in [4.78, 5) is 12.2. The van der Waals surface area contributed by atoms with Gasteiger partial charge in [-0.05, 0) is 30.4 Å². The van der Waals surface area contributed by atoms with Crippen molar-refractivity contribution in [2.75, 3.05) is 13.1 Å². The highest BCUT2D eigenvalue weighted by Crippen LogP contribution is 2.09. The molecule has 0 spiro atoms. The minimum absolute atomic E-state index is 0.168. The molecule has 25 heavy (non-hydrogen) atoms. The SMILES string of the molecule is CC[C@@H](C)CNC[C@H](O)[C@H](Cc1ccccc1)NC(=O)[C@@H](O)C(C)C. The van der Waals surface area contributed by atoms with Gasteiger partial charge in [0.1, 0.15) is 6.10 Å². The molecule has 5 nitrogen and oxygen atoms in total. The number of amides is 1. The topological polar surface area (TPSA) is 81.6 Å². The molecule has 142 valence electrons. The van der Waals surface area contributed by atoms with E-state index in [2.05, 4.69) is 24.5 Å². The van der Waals surface area contributed by atoms with Crippen LogP contribution in [-0.2, 0) is 11.2 Å². The van der Waals surface area contributed by atoms with Gasteiger partial charge in [-0.3, -0.25) is 4.79 Å². The van der Waals surface area contributed by atoms with Crippen LogP contribution in [0.1, 0.15) is 39.7 Å². The first-order valence-corrected chi connectivity index (χ1v) is 9.26. The Morgan fingerprint density at radius 2 is 1.72 bits per heavy atom. The van der Waals surface area contributed by atoms with Crippen molar-refractivity contribution in [1.29, 1.82) is 0 Å². The van der Waals surface area contributed by atoms with Crippen LogP contribution in [0.2, 0.25) is 0 Å². The van der Waals surface area contributed by atoms with Gasteiger partial charge in [-0.15, -0.1) is 0 Å². The molecular weight excluding hydrogens is 316 g/mol. The Morgan fingerprint density at radius 1 is 1.08 bits per heavy atom. The number of rotatable bonds is 11.